The number of anilines is 6. The Balaban J connectivity index is 0.000000206. The van der Waals surface area contributed by atoms with Crippen LogP contribution >= 0.6 is 11.6 Å². The predicted molar refractivity (Wildman–Crippen MR) is 514 cm³/mol. The van der Waals surface area contributed by atoms with E-state index in [1.54, 1.807) is 27.4 Å². The Hall–Kier alpha value is -9.61. The molecule has 24 heteroatoms. The number of nitrogens with zero attached hydrogens (tertiary/aromatic N) is 12. The van der Waals surface area contributed by atoms with E-state index in [1.807, 2.05) is 230 Å². The van der Waals surface area contributed by atoms with Gasteiger partial charge in [0.05, 0.1) is 27.9 Å². The van der Waals surface area contributed by atoms with Gasteiger partial charge in [-0.05, 0) is 125 Å². The van der Waals surface area contributed by atoms with Gasteiger partial charge < -0.3 is 83.2 Å². The molecule has 6 amide bonds. The number of phenolic OH excluding ortho intramolecular Hbond substituents is 1. The molecule has 0 spiro atoms. The number of carbonyl (C=O) groups is 6. The number of aliphatic hydroxyl groups excluding tert-OH is 1. The SMILES string of the molecule is COc1cc(C)cc(N2CCN(C(=O)C(C)(C)C)CC2)c1.COc1cc(N2CCN(C(=O)C(C)(C)C)CC2)cc(OC)c1C.Cc1ccc(N2CCN(C(=O)C(C)(C)C)CC2)c(CO)c1.Cc1ccc(N2CCN(C(=O)C(C)(C)C)CC2)cc1C.Cc1ccc(N2CCN(C(=O)C(C)(C)C)CC2)cc1Cl.Cc1ccc(N2CCN(C(=O)C(C)(C)C)CC2)cc1O. The number of methoxy groups -OCH3 is 3. The van der Waals surface area contributed by atoms with E-state index in [4.69, 9.17) is 25.8 Å². The Bertz CT molecular complexity index is 4330. The highest BCUT2D eigenvalue weighted by Gasteiger charge is 2.37. The van der Waals surface area contributed by atoms with Gasteiger partial charge in [-0.3, -0.25) is 28.8 Å². The molecule has 0 saturated carbocycles. The van der Waals surface area contributed by atoms with E-state index in [2.05, 4.69) is 98.7 Å². The topological polar surface area (TPSA) is 209 Å². The van der Waals surface area contributed by atoms with Crippen LogP contribution in [-0.2, 0) is 35.4 Å². The molecule has 6 fully saturated rings. The fraction of sp³-hybridized carbons (Fsp3) is 0.584. The van der Waals surface area contributed by atoms with Gasteiger partial charge in [-0.2, -0.15) is 0 Å². The molecule has 0 aromatic heterocycles. The van der Waals surface area contributed by atoms with Gasteiger partial charge in [0, 0.05) is 264 Å². The summed E-state index contributed by atoms with van der Waals surface area (Å²) in [6.45, 7) is 69.3. The highest BCUT2D eigenvalue weighted by molar-refractivity contribution is 6.31. The third kappa shape index (κ3) is 29.2. The van der Waals surface area contributed by atoms with Gasteiger partial charge >= 0.3 is 0 Å². The summed E-state index contributed by atoms with van der Waals surface area (Å²) in [6, 6.07) is 35.0. The van der Waals surface area contributed by atoms with Crippen molar-refractivity contribution in [2.24, 2.45) is 32.5 Å². The Morgan fingerprint density at radius 3 is 0.896 bits per heavy atom. The van der Waals surface area contributed by atoms with Crippen LogP contribution in [0, 0.1) is 81.0 Å². The minimum Gasteiger partial charge on any atom is -0.508 e. The van der Waals surface area contributed by atoms with E-state index in [1.165, 1.54) is 28.1 Å². The van der Waals surface area contributed by atoms with Gasteiger partial charge in [0.15, 0.2) is 0 Å². The van der Waals surface area contributed by atoms with E-state index >= 15 is 0 Å². The molecule has 125 heavy (non-hydrogen) atoms. The average Bonchev–Trinajstić information content (AvgIpc) is 0.829. The average molecular weight is 1750 g/mol. The second kappa shape index (κ2) is 44.2. The standard InChI is InChI=1S/C18H28N2O3.2C17H26N2O2.C17H26N2O.C16H23ClN2O.C16H24N2O2/c1-13-15(22-5)11-14(12-16(13)23-6)19-7-9-20(10-8-19)17(21)18(2,3)4;1-13-10-14(12-15(11-13)21-5)18-6-8-19(9-7-18)16(20)17(2,3)4;1-13-5-6-15(14(11-13)12-20)18-7-9-19(10-8-18)16(21)17(2,3)4;1-13-6-7-15(12-14(13)2)18-8-10-19(11-9-18)16(20)17(3,4)5;1-12-5-6-13(11-14(12)17)18-7-9-19(10-8-18)15(20)16(2,3)4;1-12-5-6-13(11-14(12)19)17-7-9-18(10-8-17)15(20)16(2,3)4/h11-12H,7-10H2,1-6H3;10-12H,6-9H2,1-5H3;5-6,11,20H,7-10,12H2,1-4H3;6-7,12H,8-11H2,1-5H3;5-6,11H,7-10H2,1-4H3;5-6,11,19H,7-10H2,1-4H3. The van der Waals surface area contributed by atoms with Crippen molar-refractivity contribution < 1.29 is 53.2 Å². The van der Waals surface area contributed by atoms with Crippen molar-refractivity contribution in [1.29, 1.82) is 0 Å². The van der Waals surface area contributed by atoms with Gasteiger partial charge in [0.25, 0.3) is 0 Å². The first-order valence-electron chi connectivity index (χ1n) is 44.8. The van der Waals surface area contributed by atoms with Crippen molar-refractivity contribution in [3.8, 4) is 23.0 Å². The number of hydrogen-bond donors (Lipinski definition) is 2. The first-order valence-corrected chi connectivity index (χ1v) is 45.1. The van der Waals surface area contributed by atoms with Crippen LogP contribution in [0.2, 0.25) is 5.02 Å². The molecule has 6 aromatic carbocycles. The zero-order valence-corrected chi connectivity index (χ0v) is 82.1. The number of aromatic hydroxyl groups is 1. The first-order chi connectivity index (χ1) is 58.3. The number of carbonyl (C=O) groups excluding carboxylic acids is 6. The zero-order valence-electron chi connectivity index (χ0n) is 81.3. The number of ether oxygens (including phenoxy) is 3. The zero-order chi connectivity index (χ0) is 93.2. The highest BCUT2D eigenvalue weighted by atomic mass is 35.5. The lowest BCUT2D eigenvalue weighted by Gasteiger charge is -2.39. The molecule has 0 radical (unpaired) electrons. The monoisotopic (exact) mass is 1750 g/mol. The molecule has 2 N–H and O–H groups in total. The maximum atomic E-state index is 12.4. The number of halogens is 1. The third-order valence-electron chi connectivity index (χ3n) is 23.7. The highest BCUT2D eigenvalue weighted by Crippen LogP contribution is 2.37. The van der Waals surface area contributed by atoms with Crippen LogP contribution in [0.1, 0.15) is 169 Å². The minimum atomic E-state index is -0.321. The molecule has 23 nitrogen and oxygen atoms in total. The molecule has 0 bridgehead atoms. The lowest BCUT2D eigenvalue weighted by Crippen LogP contribution is -2.51. The summed E-state index contributed by atoms with van der Waals surface area (Å²) >= 11 is 6.18. The van der Waals surface area contributed by atoms with Gasteiger partial charge in [-0.1, -0.05) is 172 Å². The molecule has 0 atom stereocenters. The van der Waals surface area contributed by atoms with Crippen LogP contribution in [0.3, 0.4) is 0 Å². The molecular formula is C101H153ClN12O11. The van der Waals surface area contributed by atoms with Crippen molar-refractivity contribution in [1.82, 2.24) is 29.4 Å². The van der Waals surface area contributed by atoms with Crippen molar-refractivity contribution in [3.63, 3.8) is 0 Å². The van der Waals surface area contributed by atoms with Crippen molar-refractivity contribution in [2.75, 3.05) is 208 Å². The molecule has 6 saturated heterocycles. The Morgan fingerprint density at radius 2 is 0.600 bits per heavy atom. The van der Waals surface area contributed by atoms with E-state index in [0.29, 0.717) is 5.75 Å². The van der Waals surface area contributed by atoms with Crippen LogP contribution in [0.4, 0.5) is 34.1 Å². The third-order valence-corrected chi connectivity index (χ3v) is 24.1. The Labute approximate surface area is 755 Å². The molecule has 12 rings (SSSR count). The second-order valence-electron chi connectivity index (χ2n) is 40.3. The molecule has 690 valence electrons. The minimum absolute atomic E-state index is 0.0537. The van der Waals surface area contributed by atoms with Gasteiger partial charge in [-0.25, -0.2) is 0 Å². The molecule has 6 aromatic rings. The first kappa shape index (κ1) is 102. The lowest BCUT2D eigenvalue weighted by atomic mass is 9.94. The van der Waals surface area contributed by atoms with Gasteiger partial charge in [-0.15, -0.1) is 0 Å². The summed E-state index contributed by atoms with van der Waals surface area (Å²) in [5.41, 5.74) is 13.9. The van der Waals surface area contributed by atoms with E-state index < -0.39 is 0 Å². The van der Waals surface area contributed by atoms with Crippen LogP contribution in [0.5, 0.6) is 23.0 Å². The molecule has 0 aliphatic carbocycles. The molecule has 6 aliphatic heterocycles. The predicted octanol–water partition coefficient (Wildman–Crippen LogP) is 16.3. The summed E-state index contributed by atoms with van der Waals surface area (Å²) in [4.78, 5) is 99.2. The second-order valence-corrected chi connectivity index (χ2v) is 40.7. The summed E-state index contributed by atoms with van der Waals surface area (Å²) in [5, 5.41) is 20.1. The van der Waals surface area contributed by atoms with Crippen molar-refractivity contribution in [2.45, 2.75) is 180 Å². The number of hydrogen-bond acceptors (Lipinski definition) is 17. The lowest BCUT2D eigenvalue weighted by molar-refractivity contribution is -0.140. The van der Waals surface area contributed by atoms with Crippen LogP contribution in [0.25, 0.3) is 0 Å². The maximum absolute atomic E-state index is 12.4. The number of aliphatic hydroxyl groups is 1. The number of phenols is 1. The van der Waals surface area contributed by atoms with Gasteiger partial charge in [0.2, 0.25) is 35.4 Å². The number of rotatable bonds is 10. The normalized spacial score (nSPS) is 16.2. The number of benzene rings is 6. The van der Waals surface area contributed by atoms with E-state index in [0.717, 1.165) is 230 Å². The van der Waals surface area contributed by atoms with Crippen LogP contribution in [-0.4, -0.2) is 253 Å². The number of amides is 6. The van der Waals surface area contributed by atoms with Crippen LogP contribution in [0.15, 0.2) is 103 Å². The molecule has 6 heterocycles. The van der Waals surface area contributed by atoms with Crippen LogP contribution < -0.4 is 43.6 Å². The number of aryl methyl sites for hydroxylation is 6. The van der Waals surface area contributed by atoms with Crippen molar-refractivity contribution in [3.05, 3.63) is 153 Å². The quantitative estimate of drug-likeness (QED) is 0.131. The largest absolute Gasteiger partial charge is 0.508 e. The molecule has 0 unspecified atom stereocenters. The summed E-state index contributed by atoms with van der Waals surface area (Å²) in [7, 11) is 5.04. The molecular weight excluding hydrogens is 1590 g/mol. The van der Waals surface area contributed by atoms with Crippen molar-refractivity contribution >= 4 is 81.2 Å². The summed E-state index contributed by atoms with van der Waals surface area (Å²) in [5.74, 6) is 4.25. The Kier molecular flexibility index (Phi) is 36.2. The fourth-order valence-electron chi connectivity index (χ4n) is 15.8. The molecule has 6 aliphatic rings. The smallest absolute Gasteiger partial charge is 0.228 e. The maximum Gasteiger partial charge on any atom is 0.228 e. The van der Waals surface area contributed by atoms with Gasteiger partial charge in [0.1, 0.15) is 23.0 Å². The summed E-state index contributed by atoms with van der Waals surface area (Å²) < 4.78 is 16.2. The van der Waals surface area contributed by atoms with E-state index in [-0.39, 0.29) is 74.5 Å². The summed E-state index contributed by atoms with van der Waals surface area (Å²) in [6.07, 6.45) is 0. The van der Waals surface area contributed by atoms with E-state index in [9.17, 15) is 39.0 Å². The number of piperazine rings is 6. The fourth-order valence-corrected chi connectivity index (χ4v) is 15.9. The Morgan fingerprint density at radius 1 is 0.304 bits per heavy atom.